The molecular formula is C6H4BrF3OS. The predicted molar refractivity (Wildman–Crippen MR) is 42.9 cm³/mol. The maximum atomic E-state index is 11.5. The summed E-state index contributed by atoms with van der Waals surface area (Å²) < 4.78 is 39.0. The van der Waals surface area contributed by atoms with Gasteiger partial charge in [-0.2, -0.15) is 0 Å². The Morgan fingerprint density at radius 2 is 2.08 bits per heavy atom. The van der Waals surface area contributed by atoms with E-state index >= 15 is 0 Å². The first kappa shape index (κ1) is 10.0. The summed E-state index contributed by atoms with van der Waals surface area (Å²) in [6, 6.07) is 3.26. The molecule has 0 unspecified atom stereocenters. The lowest BCUT2D eigenvalue weighted by molar-refractivity contribution is -0.330. The van der Waals surface area contributed by atoms with Gasteiger partial charge in [0.2, 0.25) is 0 Å². The summed E-state index contributed by atoms with van der Waals surface area (Å²) in [7, 11) is 0. The minimum absolute atomic E-state index is 0.417. The third-order valence-electron chi connectivity index (χ3n) is 1.01. The number of ether oxygens (including phenoxy) is 1. The third kappa shape index (κ3) is 3.55. The molecule has 0 N–H and O–H groups in total. The van der Waals surface area contributed by atoms with Crippen LogP contribution in [0.1, 0.15) is 4.88 Å². The lowest BCUT2D eigenvalue weighted by Gasteiger charge is -2.04. The van der Waals surface area contributed by atoms with Crippen LogP contribution in [-0.4, -0.2) is 6.36 Å². The Morgan fingerprint density at radius 1 is 1.42 bits per heavy atom. The molecule has 1 heterocycles. The maximum absolute atomic E-state index is 11.5. The highest BCUT2D eigenvalue weighted by Crippen LogP contribution is 2.25. The van der Waals surface area contributed by atoms with Crippen molar-refractivity contribution < 1.29 is 17.9 Å². The summed E-state index contributed by atoms with van der Waals surface area (Å²) in [5, 5.41) is 0. The molecule has 0 saturated heterocycles. The molecule has 0 atom stereocenters. The minimum atomic E-state index is -4.55. The molecule has 0 aliphatic heterocycles. The van der Waals surface area contributed by atoms with Gasteiger partial charge in [0.05, 0.1) is 10.4 Å². The topological polar surface area (TPSA) is 9.23 Å². The van der Waals surface area contributed by atoms with E-state index in [0.29, 0.717) is 4.88 Å². The highest BCUT2D eigenvalue weighted by Gasteiger charge is 2.29. The van der Waals surface area contributed by atoms with Crippen molar-refractivity contribution in [3.63, 3.8) is 0 Å². The molecule has 1 rings (SSSR count). The van der Waals surface area contributed by atoms with Gasteiger partial charge in [0.15, 0.2) is 0 Å². The summed E-state index contributed by atoms with van der Waals surface area (Å²) in [5.74, 6) is 0. The van der Waals surface area contributed by atoms with Gasteiger partial charge in [-0.25, -0.2) is 0 Å². The molecule has 1 nitrogen and oxygen atoms in total. The van der Waals surface area contributed by atoms with Crippen molar-refractivity contribution in [3.8, 4) is 0 Å². The summed E-state index contributed by atoms with van der Waals surface area (Å²) in [6.45, 7) is -0.417. The van der Waals surface area contributed by atoms with Crippen molar-refractivity contribution in [3.05, 3.63) is 20.8 Å². The van der Waals surface area contributed by atoms with Crippen molar-refractivity contribution in [2.24, 2.45) is 0 Å². The standard InChI is InChI=1S/C6H4BrF3OS/c7-5-2-1-4(12-5)3-11-6(8,9)10/h1-2H,3H2. The highest BCUT2D eigenvalue weighted by molar-refractivity contribution is 9.11. The minimum Gasteiger partial charge on any atom is -0.286 e. The average Bonchev–Trinajstić information content (AvgIpc) is 2.30. The second-order valence-corrected chi connectivity index (χ2v) is 4.49. The number of halogens is 4. The van der Waals surface area contributed by atoms with Crippen LogP contribution < -0.4 is 0 Å². The summed E-state index contributed by atoms with van der Waals surface area (Å²) in [5.41, 5.74) is 0. The van der Waals surface area contributed by atoms with Crippen molar-refractivity contribution in [1.82, 2.24) is 0 Å². The van der Waals surface area contributed by atoms with Crippen LogP contribution in [0.25, 0.3) is 0 Å². The van der Waals surface area contributed by atoms with E-state index in [0.717, 1.165) is 3.79 Å². The quantitative estimate of drug-likeness (QED) is 0.791. The fourth-order valence-electron chi connectivity index (χ4n) is 0.582. The van der Waals surface area contributed by atoms with Gasteiger partial charge < -0.3 is 0 Å². The molecule has 0 amide bonds. The van der Waals surface area contributed by atoms with Crippen molar-refractivity contribution >= 4 is 27.3 Å². The molecule has 0 saturated carbocycles. The summed E-state index contributed by atoms with van der Waals surface area (Å²) >= 11 is 4.35. The second kappa shape index (κ2) is 3.76. The van der Waals surface area contributed by atoms with E-state index in [1.54, 1.807) is 12.1 Å². The van der Waals surface area contributed by atoms with Crippen LogP contribution in [0.15, 0.2) is 15.9 Å². The van der Waals surface area contributed by atoms with Crippen LogP contribution in [0.5, 0.6) is 0 Å². The maximum Gasteiger partial charge on any atom is 0.522 e. The smallest absolute Gasteiger partial charge is 0.286 e. The normalized spacial score (nSPS) is 12.0. The molecule has 1 aromatic heterocycles. The van der Waals surface area contributed by atoms with Crippen molar-refractivity contribution in [2.45, 2.75) is 13.0 Å². The van der Waals surface area contributed by atoms with E-state index < -0.39 is 13.0 Å². The second-order valence-electron chi connectivity index (χ2n) is 1.94. The van der Waals surface area contributed by atoms with Gasteiger partial charge in [0, 0.05) is 4.88 Å². The molecule has 0 spiro atoms. The first-order chi connectivity index (χ1) is 5.47. The molecule has 6 heteroatoms. The molecule has 0 radical (unpaired) electrons. The van der Waals surface area contributed by atoms with E-state index in [4.69, 9.17) is 0 Å². The van der Waals surface area contributed by atoms with E-state index in [9.17, 15) is 13.2 Å². The first-order valence-corrected chi connectivity index (χ1v) is 4.53. The van der Waals surface area contributed by atoms with Crippen LogP contribution in [0.2, 0.25) is 0 Å². The molecule has 0 aromatic carbocycles. The van der Waals surface area contributed by atoms with Crippen LogP contribution in [0.3, 0.4) is 0 Å². The van der Waals surface area contributed by atoms with E-state index in [-0.39, 0.29) is 0 Å². The predicted octanol–water partition coefficient (Wildman–Crippen LogP) is 3.55. The average molecular weight is 261 g/mol. The summed E-state index contributed by atoms with van der Waals surface area (Å²) in [4.78, 5) is 0.541. The Hall–Kier alpha value is -0.0700. The molecule has 68 valence electrons. The Balaban J connectivity index is 2.44. The van der Waals surface area contributed by atoms with Gasteiger partial charge in [0.1, 0.15) is 0 Å². The fourth-order valence-corrected chi connectivity index (χ4v) is 1.98. The van der Waals surface area contributed by atoms with Crippen LogP contribution in [0.4, 0.5) is 13.2 Å². The van der Waals surface area contributed by atoms with Gasteiger partial charge >= 0.3 is 6.36 Å². The van der Waals surface area contributed by atoms with Crippen molar-refractivity contribution in [2.75, 3.05) is 0 Å². The molecule has 0 aliphatic rings. The lowest BCUT2D eigenvalue weighted by atomic mass is 10.5. The van der Waals surface area contributed by atoms with Gasteiger partial charge in [-0.1, -0.05) is 0 Å². The Kier molecular flexibility index (Phi) is 3.14. The molecule has 12 heavy (non-hydrogen) atoms. The van der Waals surface area contributed by atoms with Crippen LogP contribution in [-0.2, 0) is 11.3 Å². The van der Waals surface area contributed by atoms with E-state index in [1.807, 2.05) is 0 Å². The SMILES string of the molecule is FC(F)(F)OCc1ccc(Br)s1. The number of rotatable bonds is 2. The molecule has 0 fully saturated rings. The van der Waals surface area contributed by atoms with Crippen molar-refractivity contribution in [1.29, 1.82) is 0 Å². The Morgan fingerprint density at radius 3 is 2.50 bits per heavy atom. The van der Waals surface area contributed by atoms with Gasteiger partial charge in [-0.05, 0) is 28.1 Å². The zero-order valence-corrected chi connectivity index (χ0v) is 8.09. The molecule has 1 aromatic rings. The monoisotopic (exact) mass is 260 g/mol. The number of hydrogen-bond acceptors (Lipinski definition) is 2. The number of hydrogen-bond donors (Lipinski definition) is 0. The molecule has 0 aliphatic carbocycles. The lowest BCUT2D eigenvalue weighted by Crippen LogP contribution is -2.12. The van der Waals surface area contributed by atoms with Crippen LogP contribution in [0, 0.1) is 0 Å². The zero-order chi connectivity index (χ0) is 9.19. The van der Waals surface area contributed by atoms with Gasteiger partial charge in [0.25, 0.3) is 0 Å². The highest BCUT2D eigenvalue weighted by atomic mass is 79.9. The number of thiophene rings is 1. The fraction of sp³-hybridized carbons (Fsp3) is 0.333. The van der Waals surface area contributed by atoms with Crippen LogP contribution >= 0.6 is 27.3 Å². The largest absolute Gasteiger partial charge is 0.522 e. The number of alkyl halides is 3. The third-order valence-corrected chi connectivity index (χ3v) is 2.60. The Labute approximate surface area is 79.3 Å². The summed E-state index contributed by atoms with van der Waals surface area (Å²) in [6.07, 6.45) is -4.55. The zero-order valence-electron chi connectivity index (χ0n) is 5.69. The van der Waals surface area contributed by atoms with E-state index in [1.165, 1.54) is 11.3 Å². The molecule has 0 bridgehead atoms. The molecular weight excluding hydrogens is 257 g/mol. The first-order valence-electron chi connectivity index (χ1n) is 2.92. The van der Waals surface area contributed by atoms with Gasteiger partial charge in [-0.3, -0.25) is 4.74 Å². The van der Waals surface area contributed by atoms with E-state index in [2.05, 4.69) is 20.7 Å². The van der Waals surface area contributed by atoms with Gasteiger partial charge in [-0.15, -0.1) is 24.5 Å². The Bertz CT molecular complexity index is 258.